The average Bonchev–Trinajstić information content (AvgIpc) is 3.09. The van der Waals surface area contributed by atoms with E-state index in [1.165, 1.54) is 12.1 Å². The number of rotatable bonds is 4. The van der Waals surface area contributed by atoms with Gasteiger partial charge in [-0.3, -0.25) is 10.1 Å². The molecule has 6 nitrogen and oxygen atoms in total. The number of hydrogen-bond donors (Lipinski definition) is 1. The largest absolute Gasteiger partial charge is 0.384 e. The van der Waals surface area contributed by atoms with Gasteiger partial charge in [0.2, 0.25) is 0 Å². The normalized spacial score (nSPS) is 12.0. The summed E-state index contributed by atoms with van der Waals surface area (Å²) < 4.78 is 1.86. The van der Waals surface area contributed by atoms with Gasteiger partial charge in [-0.25, -0.2) is 4.98 Å². The van der Waals surface area contributed by atoms with Crippen LogP contribution in [0.2, 0.25) is 0 Å². The Bertz CT molecular complexity index is 765. The molecule has 3 rings (SSSR count). The van der Waals surface area contributed by atoms with Gasteiger partial charge in [0.25, 0.3) is 5.69 Å². The molecule has 0 saturated carbocycles. The Hall–Kier alpha value is -2.99. The van der Waals surface area contributed by atoms with Gasteiger partial charge in [0.1, 0.15) is 6.10 Å². The van der Waals surface area contributed by atoms with Crippen LogP contribution in [0.25, 0.3) is 5.69 Å². The van der Waals surface area contributed by atoms with Gasteiger partial charge < -0.3 is 9.67 Å². The second kappa shape index (κ2) is 5.79. The van der Waals surface area contributed by atoms with E-state index in [0.29, 0.717) is 5.56 Å². The molecular formula is C16H13N3O3. The van der Waals surface area contributed by atoms with Crippen LogP contribution in [-0.4, -0.2) is 19.6 Å². The Morgan fingerprint density at radius 1 is 1.05 bits per heavy atom. The van der Waals surface area contributed by atoms with Gasteiger partial charge in [0.15, 0.2) is 0 Å². The Morgan fingerprint density at radius 3 is 2.14 bits per heavy atom. The Kier molecular flexibility index (Phi) is 3.67. The molecule has 0 amide bonds. The lowest BCUT2D eigenvalue weighted by Crippen LogP contribution is -2.00. The van der Waals surface area contributed by atoms with Crippen molar-refractivity contribution in [2.24, 2.45) is 0 Å². The summed E-state index contributed by atoms with van der Waals surface area (Å²) in [6, 6.07) is 13.3. The molecule has 22 heavy (non-hydrogen) atoms. The fourth-order valence-electron chi connectivity index (χ4n) is 2.21. The van der Waals surface area contributed by atoms with Crippen LogP contribution in [0.4, 0.5) is 5.69 Å². The third-order valence-electron chi connectivity index (χ3n) is 3.43. The summed E-state index contributed by atoms with van der Waals surface area (Å²) in [6.07, 6.45) is 4.40. The van der Waals surface area contributed by atoms with Gasteiger partial charge in [0.05, 0.1) is 11.3 Å². The molecule has 0 bridgehead atoms. The zero-order valence-electron chi connectivity index (χ0n) is 11.5. The minimum atomic E-state index is -0.822. The molecule has 1 atom stereocenters. The molecule has 3 aromatic rings. The number of aromatic nitrogens is 2. The highest BCUT2D eigenvalue weighted by atomic mass is 16.6. The summed E-state index contributed by atoms with van der Waals surface area (Å²) in [6.45, 7) is 0. The summed E-state index contributed by atoms with van der Waals surface area (Å²) in [7, 11) is 0. The van der Waals surface area contributed by atoms with Gasteiger partial charge in [-0.1, -0.05) is 12.1 Å². The van der Waals surface area contributed by atoms with E-state index >= 15 is 0 Å². The lowest BCUT2D eigenvalue weighted by Gasteiger charge is -2.12. The van der Waals surface area contributed by atoms with E-state index in [9.17, 15) is 15.2 Å². The average molecular weight is 295 g/mol. The van der Waals surface area contributed by atoms with E-state index in [-0.39, 0.29) is 5.69 Å². The molecule has 0 radical (unpaired) electrons. The molecule has 1 unspecified atom stereocenters. The van der Waals surface area contributed by atoms with Crippen LogP contribution in [0.15, 0.2) is 67.3 Å². The van der Waals surface area contributed by atoms with Crippen molar-refractivity contribution in [3.05, 3.63) is 88.5 Å². The van der Waals surface area contributed by atoms with Gasteiger partial charge in [0, 0.05) is 30.2 Å². The van der Waals surface area contributed by atoms with Crippen LogP contribution >= 0.6 is 0 Å². The monoisotopic (exact) mass is 295 g/mol. The van der Waals surface area contributed by atoms with E-state index < -0.39 is 11.0 Å². The maximum atomic E-state index is 10.6. The second-order valence-corrected chi connectivity index (χ2v) is 4.81. The topological polar surface area (TPSA) is 81.2 Å². The van der Waals surface area contributed by atoms with Crippen molar-refractivity contribution in [2.75, 3.05) is 0 Å². The SMILES string of the molecule is O=[N+]([O-])c1ccc(C(O)c2ccc(-n3ccnc3)cc2)cc1. The molecule has 1 aromatic heterocycles. The van der Waals surface area contributed by atoms with Crippen LogP contribution in [-0.2, 0) is 0 Å². The predicted molar refractivity (Wildman–Crippen MR) is 80.7 cm³/mol. The summed E-state index contributed by atoms with van der Waals surface area (Å²) >= 11 is 0. The van der Waals surface area contributed by atoms with E-state index in [0.717, 1.165) is 11.3 Å². The van der Waals surface area contributed by atoms with Gasteiger partial charge in [-0.2, -0.15) is 0 Å². The first-order valence-corrected chi connectivity index (χ1v) is 6.66. The highest BCUT2D eigenvalue weighted by Crippen LogP contribution is 2.24. The molecule has 6 heteroatoms. The Labute approximate surface area is 126 Å². The zero-order chi connectivity index (χ0) is 15.5. The molecule has 0 aliphatic heterocycles. The number of aliphatic hydroxyl groups is 1. The van der Waals surface area contributed by atoms with Crippen LogP contribution in [0.3, 0.4) is 0 Å². The third kappa shape index (κ3) is 2.72. The van der Waals surface area contributed by atoms with Crippen molar-refractivity contribution < 1.29 is 10.0 Å². The summed E-state index contributed by atoms with van der Waals surface area (Å²) in [5.41, 5.74) is 2.28. The van der Waals surface area contributed by atoms with Crippen molar-refractivity contribution in [1.82, 2.24) is 9.55 Å². The summed E-state index contributed by atoms with van der Waals surface area (Å²) in [4.78, 5) is 14.2. The van der Waals surface area contributed by atoms with E-state index in [2.05, 4.69) is 4.98 Å². The Morgan fingerprint density at radius 2 is 1.64 bits per heavy atom. The zero-order valence-corrected chi connectivity index (χ0v) is 11.5. The lowest BCUT2D eigenvalue weighted by atomic mass is 10.0. The molecule has 0 aliphatic carbocycles. The fourth-order valence-corrected chi connectivity index (χ4v) is 2.21. The summed E-state index contributed by atoms with van der Waals surface area (Å²) in [5, 5.41) is 21.0. The molecule has 0 saturated heterocycles. The van der Waals surface area contributed by atoms with Crippen LogP contribution in [0.1, 0.15) is 17.2 Å². The van der Waals surface area contributed by atoms with Gasteiger partial charge in [-0.15, -0.1) is 0 Å². The highest BCUT2D eigenvalue weighted by Gasteiger charge is 2.12. The van der Waals surface area contributed by atoms with Gasteiger partial charge in [-0.05, 0) is 35.4 Å². The maximum Gasteiger partial charge on any atom is 0.269 e. The molecule has 110 valence electrons. The number of imidazole rings is 1. The molecule has 0 aliphatic rings. The number of nitro groups is 1. The molecule has 0 spiro atoms. The van der Waals surface area contributed by atoms with Crippen LogP contribution in [0, 0.1) is 10.1 Å². The third-order valence-corrected chi connectivity index (χ3v) is 3.43. The summed E-state index contributed by atoms with van der Waals surface area (Å²) in [5.74, 6) is 0. The number of hydrogen-bond acceptors (Lipinski definition) is 4. The first-order chi connectivity index (χ1) is 10.6. The smallest absolute Gasteiger partial charge is 0.269 e. The van der Waals surface area contributed by atoms with Crippen molar-refractivity contribution in [2.45, 2.75) is 6.10 Å². The van der Waals surface area contributed by atoms with E-state index in [1.807, 2.05) is 35.0 Å². The van der Waals surface area contributed by atoms with Crippen molar-refractivity contribution in [1.29, 1.82) is 0 Å². The van der Waals surface area contributed by atoms with Crippen LogP contribution < -0.4 is 0 Å². The molecule has 0 fully saturated rings. The van der Waals surface area contributed by atoms with E-state index in [1.54, 1.807) is 24.7 Å². The first-order valence-electron chi connectivity index (χ1n) is 6.66. The van der Waals surface area contributed by atoms with E-state index in [4.69, 9.17) is 0 Å². The van der Waals surface area contributed by atoms with Crippen LogP contribution in [0.5, 0.6) is 0 Å². The minimum Gasteiger partial charge on any atom is -0.384 e. The van der Waals surface area contributed by atoms with Crippen molar-refractivity contribution >= 4 is 5.69 Å². The molecule has 1 heterocycles. The molecular weight excluding hydrogens is 282 g/mol. The lowest BCUT2D eigenvalue weighted by molar-refractivity contribution is -0.384. The van der Waals surface area contributed by atoms with Gasteiger partial charge >= 0.3 is 0 Å². The maximum absolute atomic E-state index is 10.6. The molecule has 1 N–H and O–H groups in total. The van der Waals surface area contributed by atoms with Crippen molar-refractivity contribution in [3.8, 4) is 5.69 Å². The van der Waals surface area contributed by atoms with Crippen molar-refractivity contribution in [3.63, 3.8) is 0 Å². The molecule has 2 aromatic carbocycles. The standard InChI is InChI=1S/C16H13N3O3/c20-16(13-3-7-15(8-4-13)19(21)22)12-1-5-14(6-2-12)18-10-9-17-11-18/h1-11,16,20H. The number of non-ortho nitro benzene ring substituents is 1. The Balaban J connectivity index is 1.82. The number of benzene rings is 2. The number of nitrogens with zero attached hydrogens (tertiary/aromatic N) is 3. The quantitative estimate of drug-likeness (QED) is 0.592. The first kappa shape index (κ1) is 14.0. The number of aliphatic hydroxyl groups excluding tert-OH is 1. The number of nitro benzene ring substituents is 1. The predicted octanol–water partition coefficient (Wildman–Crippen LogP) is 2.86. The minimum absolute atomic E-state index is 0.00593. The second-order valence-electron chi connectivity index (χ2n) is 4.81. The highest BCUT2D eigenvalue weighted by molar-refractivity contribution is 5.40. The fraction of sp³-hybridized carbons (Fsp3) is 0.0625.